The second-order valence-corrected chi connectivity index (χ2v) is 3.43. The van der Waals surface area contributed by atoms with E-state index in [-0.39, 0.29) is 36.2 Å². The normalized spacial score (nSPS) is 15.2. The number of carbonyl (C=O) groups excluding carboxylic acids is 2. The van der Waals surface area contributed by atoms with Gasteiger partial charge >= 0.3 is 6.09 Å². The molecule has 1 aromatic heterocycles. The fourth-order valence-electron chi connectivity index (χ4n) is 1.60. The summed E-state index contributed by atoms with van der Waals surface area (Å²) in [7, 11) is 0. The van der Waals surface area contributed by atoms with Crippen molar-refractivity contribution in [3.63, 3.8) is 0 Å². The maximum atomic E-state index is 11.5. The zero-order chi connectivity index (χ0) is 12.4. The standard InChI is InChI=1S/C10H9N3O4/c14-7-3-4-8(15)13(7)9-6(12-10(16)17)2-1-5-11-9/h1-2,5,12H,3-4H2,(H,16,17). The second-order valence-electron chi connectivity index (χ2n) is 3.43. The Balaban J connectivity index is 2.40. The number of nitrogens with zero attached hydrogens (tertiary/aromatic N) is 2. The molecular weight excluding hydrogens is 226 g/mol. The van der Waals surface area contributed by atoms with E-state index >= 15 is 0 Å². The van der Waals surface area contributed by atoms with Gasteiger partial charge < -0.3 is 5.11 Å². The fourth-order valence-corrected chi connectivity index (χ4v) is 1.60. The first-order chi connectivity index (χ1) is 8.09. The lowest BCUT2D eigenvalue weighted by Gasteiger charge is -2.15. The van der Waals surface area contributed by atoms with Crippen LogP contribution in [-0.2, 0) is 9.59 Å². The van der Waals surface area contributed by atoms with Crippen LogP contribution in [0.25, 0.3) is 0 Å². The molecule has 7 heteroatoms. The van der Waals surface area contributed by atoms with Gasteiger partial charge in [-0.25, -0.2) is 14.7 Å². The molecule has 2 N–H and O–H groups in total. The van der Waals surface area contributed by atoms with Gasteiger partial charge in [0.25, 0.3) is 0 Å². The molecule has 1 fully saturated rings. The molecule has 0 radical (unpaired) electrons. The van der Waals surface area contributed by atoms with E-state index in [9.17, 15) is 14.4 Å². The molecule has 88 valence electrons. The molecule has 2 rings (SSSR count). The minimum atomic E-state index is -1.28. The number of nitrogens with one attached hydrogen (secondary N) is 1. The molecule has 1 saturated heterocycles. The molecule has 1 aromatic rings. The zero-order valence-corrected chi connectivity index (χ0v) is 8.71. The molecule has 17 heavy (non-hydrogen) atoms. The van der Waals surface area contributed by atoms with Crippen molar-refractivity contribution in [3.8, 4) is 0 Å². The van der Waals surface area contributed by atoms with Crippen LogP contribution in [0.1, 0.15) is 12.8 Å². The van der Waals surface area contributed by atoms with Gasteiger partial charge in [-0.05, 0) is 12.1 Å². The van der Waals surface area contributed by atoms with E-state index in [0.29, 0.717) is 0 Å². The highest BCUT2D eigenvalue weighted by Gasteiger charge is 2.33. The lowest BCUT2D eigenvalue weighted by molar-refractivity contribution is -0.121. The van der Waals surface area contributed by atoms with Crippen molar-refractivity contribution in [1.82, 2.24) is 4.98 Å². The van der Waals surface area contributed by atoms with Gasteiger partial charge in [-0.2, -0.15) is 0 Å². The van der Waals surface area contributed by atoms with Crippen molar-refractivity contribution in [3.05, 3.63) is 18.3 Å². The third kappa shape index (κ3) is 2.07. The number of hydrogen-bond acceptors (Lipinski definition) is 4. The second kappa shape index (κ2) is 4.20. The third-order valence-corrected chi connectivity index (χ3v) is 2.29. The van der Waals surface area contributed by atoms with E-state index in [1.165, 1.54) is 18.3 Å². The topological polar surface area (TPSA) is 99.6 Å². The summed E-state index contributed by atoms with van der Waals surface area (Å²) in [5, 5.41) is 10.7. The molecular formula is C10H9N3O4. The van der Waals surface area contributed by atoms with Gasteiger partial charge in [-0.1, -0.05) is 0 Å². The first kappa shape index (κ1) is 11.1. The Kier molecular flexibility index (Phi) is 2.73. The molecule has 0 unspecified atom stereocenters. The number of amides is 3. The average Bonchev–Trinajstić information content (AvgIpc) is 2.59. The lowest BCUT2D eigenvalue weighted by atomic mass is 10.3. The number of hydrogen-bond donors (Lipinski definition) is 2. The summed E-state index contributed by atoms with van der Waals surface area (Å²) in [4.78, 5) is 38.4. The Labute approximate surface area is 96.1 Å². The summed E-state index contributed by atoms with van der Waals surface area (Å²) in [5.41, 5.74) is 0.114. The minimum absolute atomic E-state index is 0.0300. The molecule has 0 aromatic carbocycles. The van der Waals surface area contributed by atoms with Crippen molar-refractivity contribution in [1.29, 1.82) is 0 Å². The predicted octanol–water partition coefficient (Wildman–Crippen LogP) is 0.825. The van der Waals surface area contributed by atoms with Crippen LogP contribution >= 0.6 is 0 Å². The van der Waals surface area contributed by atoms with Gasteiger partial charge in [0, 0.05) is 19.0 Å². The highest BCUT2D eigenvalue weighted by atomic mass is 16.4. The van der Waals surface area contributed by atoms with E-state index in [1.54, 1.807) is 0 Å². The highest BCUT2D eigenvalue weighted by molar-refractivity contribution is 6.20. The van der Waals surface area contributed by atoms with Crippen molar-refractivity contribution >= 4 is 29.4 Å². The molecule has 0 bridgehead atoms. The quantitative estimate of drug-likeness (QED) is 0.739. The van der Waals surface area contributed by atoms with Crippen LogP contribution in [0.3, 0.4) is 0 Å². The summed E-state index contributed by atoms with van der Waals surface area (Å²) < 4.78 is 0. The molecule has 2 heterocycles. The largest absolute Gasteiger partial charge is 0.465 e. The Morgan fingerprint density at radius 1 is 1.35 bits per heavy atom. The molecule has 3 amide bonds. The van der Waals surface area contributed by atoms with Crippen molar-refractivity contribution < 1.29 is 19.5 Å². The van der Waals surface area contributed by atoms with E-state index in [2.05, 4.69) is 10.3 Å². The molecule has 0 atom stereocenters. The van der Waals surface area contributed by atoms with Crippen LogP contribution in [0.2, 0.25) is 0 Å². The van der Waals surface area contributed by atoms with Crippen LogP contribution in [0.4, 0.5) is 16.3 Å². The van der Waals surface area contributed by atoms with Crippen LogP contribution in [-0.4, -0.2) is 28.0 Å². The van der Waals surface area contributed by atoms with Gasteiger partial charge in [0.15, 0.2) is 5.82 Å². The summed E-state index contributed by atoms with van der Waals surface area (Å²) in [6, 6.07) is 2.95. The number of pyridine rings is 1. The summed E-state index contributed by atoms with van der Waals surface area (Å²) in [5.74, 6) is -0.716. The molecule has 0 saturated carbocycles. The van der Waals surface area contributed by atoms with E-state index in [4.69, 9.17) is 5.11 Å². The lowest BCUT2D eigenvalue weighted by Crippen LogP contribution is -2.30. The van der Waals surface area contributed by atoms with Gasteiger partial charge in [-0.3, -0.25) is 14.9 Å². The average molecular weight is 235 g/mol. The van der Waals surface area contributed by atoms with Crippen molar-refractivity contribution in [2.24, 2.45) is 0 Å². The van der Waals surface area contributed by atoms with Gasteiger partial charge in [0.05, 0.1) is 5.69 Å². The number of aromatic nitrogens is 1. The van der Waals surface area contributed by atoms with Crippen LogP contribution in [0, 0.1) is 0 Å². The number of carboxylic acid groups (broad SMARTS) is 1. The van der Waals surface area contributed by atoms with E-state index < -0.39 is 6.09 Å². The van der Waals surface area contributed by atoms with E-state index in [1.807, 2.05) is 0 Å². The zero-order valence-electron chi connectivity index (χ0n) is 8.71. The van der Waals surface area contributed by atoms with Crippen molar-refractivity contribution in [2.75, 3.05) is 10.2 Å². The Hall–Kier alpha value is -2.44. The number of rotatable bonds is 2. The monoisotopic (exact) mass is 235 g/mol. The Bertz CT molecular complexity index is 484. The predicted molar refractivity (Wildman–Crippen MR) is 57.6 cm³/mol. The molecule has 7 nitrogen and oxygen atoms in total. The molecule has 0 spiro atoms. The smallest absolute Gasteiger partial charge is 0.409 e. The first-order valence-corrected chi connectivity index (χ1v) is 4.90. The van der Waals surface area contributed by atoms with Gasteiger partial charge in [-0.15, -0.1) is 0 Å². The van der Waals surface area contributed by atoms with Crippen LogP contribution in [0.5, 0.6) is 0 Å². The summed E-state index contributed by atoms with van der Waals surface area (Å²) in [6.45, 7) is 0. The molecule has 1 aliphatic heterocycles. The molecule has 0 aliphatic carbocycles. The summed E-state index contributed by atoms with van der Waals surface area (Å²) >= 11 is 0. The Morgan fingerprint density at radius 2 is 2.00 bits per heavy atom. The fraction of sp³-hybridized carbons (Fsp3) is 0.200. The maximum absolute atomic E-state index is 11.5. The third-order valence-electron chi connectivity index (χ3n) is 2.29. The number of carbonyl (C=O) groups is 3. The number of anilines is 2. The van der Waals surface area contributed by atoms with Gasteiger partial charge in [0.1, 0.15) is 0 Å². The first-order valence-electron chi connectivity index (χ1n) is 4.90. The Morgan fingerprint density at radius 3 is 2.59 bits per heavy atom. The minimum Gasteiger partial charge on any atom is -0.465 e. The molecule has 1 aliphatic rings. The van der Waals surface area contributed by atoms with E-state index in [0.717, 1.165) is 4.90 Å². The number of imide groups is 1. The maximum Gasteiger partial charge on any atom is 0.409 e. The van der Waals surface area contributed by atoms with Crippen LogP contribution < -0.4 is 10.2 Å². The highest BCUT2D eigenvalue weighted by Crippen LogP contribution is 2.27. The summed E-state index contributed by atoms with van der Waals surface area (Å²) in [6.07, 6.45) is 0.365. The van der Waals surface area contributed by atoms with Gasteiger partial charge in [0.2, 0.25) is 11.8 Å². The van der Waals surface area contributed by atoms with Crippen molar-refractivity contribution in [2.45, 2.75) is 12.8 Å². The van der Waals surface area contributed by atoms with Crippen LogP contribution in [0.15, 0.2) is 18.3 Å². The SMILES string of the molecule is O=C(O)Nc1cccnc1N1C(=O)CCC1=O.